The first-order chi connectivity index (χ1) is 10.9. The van der Waals surface area contributed by atoms with Crippen LogP contribution in [0.15, 0.2) is 29.2 Å². The Morgan fingerprint density at radius 1 is 1.42 bits per heavy atom. The summed E-state index contributed by atoms with van der Waals surface area (Å²) in [6.45, 7) is 3.89. The smallest absolute Gasteiger partial charge is 0.240 e. The summed E-state index contributed by atoms with van der Waals surface area (Å²) in [5, 5.41) is 6.24. The summed E-state index contributed by atoms with van der Waals surface area (Å²) in [5.74, 6) is 0.589. The summed E-state index contributed by atoms with van der Waals surface area (Å²) in [6.07, 6.45) is 2.53. The van der Waals surface area contributed by atoms with Gasteiger partial charge >= 0.3 is 0 Å². The lowest BCUT2D eigenvalue weighted by Gasteiger charge is -2.16. The maximum absolute atomic E-state index is 12.1. The molecule has 0 aliphatic carbocycles. The molecule has 0 saturated carbocycles. The molecule has 0 spiro atoms. The lowest BCUT2D eigenvalue weighted by molar-refractivity contribution is -0.122. The number of carbonyl (C=O) groups is 1. The molecule has 1 fully saturated rings. The van der Waals surface area contributed by atoms with E-state index in [2.05, 4.69) is 15.4 Å². The van der Waals surface area contributed by atoms with Crippen molar-refractivity contribution in [2.75, 3.05) is 20.1 Å². The first kappa shape index (κ1) is 20.9. The number of hydrogen-bond donors (Lipinski definition) is 3. The second kappa shape index (κ2) is 9.36. The SMILES string of the molecule is CNS(=O)(=O)c1cccc(C(C)NC(=O)CCC2CCNC2)c1.Cl. The Hall–Kier alpha value is -1.15. The molecule has 136 valence electrons. The number of halogens is 1. The third-order valence-electron chi connectivity index (χ3n) is 4.26. The monoisotopic (exact) mass is 375 g/mol. The third kappa shape index (κ3) is 5.73. The minimum atomic E-state index is -3.47. The van der Waals surface area contributed by atoms with Crippen LogP contribution in [0.4, 0.5) is 0 Å². The Morgan fingerprint density at radius 2 is 2.17 bits per heavy atom. The largest absolute Gasteiger partial charge is 0.350 e. The van der Waals surface area contributed by atoms with E-state index in [0.717, 1.165) is 31.5 Å². The highest BCUT2D eigenvalue weighted by atomic mass is 35.5. The van der Waals surface area contributed by atoms with E-state index in [0.29, 0.717) is 12.3 Å². The summed E-state index contributed by atoms with van der Waals surface area (Å²) < 4.78 is 26.0. The molecular weight excluding hydrogens is 350 g/mol. The summed E-state index contributed by atoms with van der Waals surface area (Å²) in [4.78, 5) is 12.3. The average molecular weight is 376 g/mol. The van der Waals surface area contributed by atoms with Crippen LogP contribution in [0.1, 0.15) is 37.8 Å². The van der Waals surface area contributed by atoms with Crippen LogP contribution in [0.5, 0.6) is 0 Å². The minimum absolute atomic E-state index is 0. The van der Waals surface area contributed by atoms with Crippen LogP contribution in [0, 0.1) is 5.92 Å². The molecule has 2 rings (SSSR count). The van der Waals surface area contributed by atoms with E-state index in [1.165, 1.54) is 13.1 Å². The van der Waals surface area contributed by atoms with Gasteiger partial charge in [0.25, 0.3) is 0 Å². The van der Waals surface area contributed by atoms with E-state index in [1.807, 2.05) is 13.0 Å². The van der Waals surface area contributed by atoms with Crippen molar-refractivity contribution in [3.63, 3.8) is 0 Å². The van der Waals surface area contributed by atoms with Crippen LogP contribution in [-0.2, 0) is 14.8 Å². The number of hydrogen-bond acceptors (Lipinski definition) is 4. The van der Waals surface area contributed by atoms with E-state index in [4.69, 9.17) is 0 Å². The minimum Gasteiger partial charge on any atom is -0.350 e. The molecule has 1 heterocycles. The third-order valence-corrected chi connectivity index (χ3v) is 5.67. The zero-order valence-corrected chi connectivity index (χ0v) is 15.7. The Bertz CT molecular complexity index is 646. The summed E-state index contributed by atoms with van der Waals surface area (Å²) in [7, 11) is -2.09. The van der Waals surface area contributed by atoms with Gasteiger partial charge in [0.15, 0.2) is 0 Å². The van der Waals surface area contributed by atoms with Crippen LogP contribution in [0.25, 0.3) is 0 Å². The quantitative estimate of drug-likeness (QED) is 0.675. The molecule has 0 aromatic heterocycles. The number of nitrogens with one attached hydrogen (secondary N) is 3. The van der Waals surface area contributed by atoms with Crippen molar-refractivity contribution in [1.82, 2.24) is 15.4 Å². The molecule has 6 nitrogen and oxygen atoms in total. The molecule has 0 radical (unpaired) electrons. The van der Waals surface area contributed by atoms with Gasteiger partial charge in [-0.05, 0) is 63.5 Å². The van der Waals surface area contributed by atoms with Crippen LogP contribution < -0.4 is 15.4 Å². The highest BCUT2D eigenvalue weighted by Gasteiger charge is 2.18. The predicted molar refractivity (Wildman–Crippen MR) is 96.7 cm³/mol. The van der Waals surface area contributed by atoms with Crippen LogP contribution in [0.3, 0.4) is 0 Å². The Kier molecular flexibility index (Phi) is 8.15. The van der Waals surface area contributed by atoms with Gasteiger partial charge in [0, 0.05) is 6.42 Å². The molecule has 2 unspecified atom stereocenters. The standard InChI is InChI=1S/C16H25N3O3S.ClH/c1-12(19-16(20)7-6-13-8-9-18-11-13)14-4-3-5-15(10-14)23(21,22)17-2;/h3-5,10,12-13,17-18H,6-9,11H2,1-2H3,(H,19,20);1H. The van der Waals surface area contributed by atoms with Gasteiger partial charge in [-0.1, -0.05) is 12.1 Å². The fraction of sp³-hybridized carbons (Fsp3) is 0.562. The fourth-order valence-electron chi connectivity index (χ4n) is 2.76. The zero-order chi connectivity index (χ0) is 16.9. The molecule has 24 heavy (non-hydrogen) atoms. The molecular formula is C16H26ClN3O3S. The van der Waals surface area contributed by atoms with E-state index in [9.17, 15) is 13.2 Å². The molecule has 8 heteroatoms. The van der Waals surface area contributed by atoms with Gasteiger partial charge in [-0.2, -0.15) is 0 Å². The summed E-state index contributed by atoms with van der Waals surface area (Å²) in [6, 6.07) is 6.41. The first-order valence-electron chi connectivity index (χ1n) is 7.96. The van der Waals surface area contributed by atoms with Gasteiger partial charge in [0.2, 0.25) is 15.9 Å². The lowest BCUT2D eigenvalue weighted by Crippen LogP contribution is -2.27. The normalized spacial score (nSPS) is 18.7. The van der Waals surface area contributed by atoms with Crippen LogP contribution in [0.2, 0.25) is 0 Å². The molecule has 0 bridgehead atoms. The van der Waals surface area contributed by atoms with Crippen molar-refractivity contribution in [2.24, 2.45) is 5.92 Å². The zero-order valence-electron chi connectivity index (χ0n) is 14.0. The Labute approximate surface area is 150 Å². The van der Waals surface area contributed by atoms with E-state index >= 15 is 0 Å². The first-order valence-corrected chi connectivity index (χ1v) is 9.44. The van der Waals surface area contributed by atoms with E-state index in [1.54, 1.807) is 12.1 Å². The van der Waals surface area contributed by atoms with Crippen molar-refractivity contribution >= 4 is 28.3 Å². The molecule has 1 aromatic rings. The molecule has 1 amide bonds. The number of sulfonamides is 1. The van der Waals surface area contributed by atoms with Gasteiger partial charge in [-0.25, -0.2) is 13.1 Å². The van der Waals surface area contributed by atoms with Crippen LogP contribution in [-0.4, -0.2) is 34.5 Å². The maximum atomic E-state index is 12.1. The lowest BCUT2D eigenvalue weighted by atomic mass is 10.0. The van der Waals surface area contributed by atoms with Crippen molar-refractivity contribution in [3.05, 3.63) is 29.8 Å². The Balaban J connectivity index is 0.00000288. The van der Waals surface area contributed by atoms with Gasteiger partial charge in [-0.15, -0.1) is 12.4 Å². The van der Waals surface area contributed by atoms with Gasteiger partial charge in [0.05, 0.1) is 10.9 Å². The summed E-state index contributed by atoms with van der Waals surface area (Å²) >= 11 is 0. The second-order valence-corrected chi connectivity index (χ2v) is 7.85. The summed E-state index contributed by atoms with van der Waals surface area (Å²) in [5.41, 5.74) is 0.775. The van der Waals surface area contributed by atoms with Crippen molar-refractivity contribution in [1.29, 1.82) is 0 Å². The number of amides is 1. The van der Waals surface area contributed by atoms with Crippen molar-refractivity contribution < 1.29 is 13.2 Å². The highest BCUT2D eigenvalue weighted by Crippen LogP contribution is 2.18. The van der Waals surface area contributed by atoms with E-state index < -0.39 is 10.0 Å². The highest BCUT2D eigenvalue weighted by molar-refractivity contribution is 7.89. The topological polar surface area (TPSA) is 87.3 Å². The number of rotatable bonds is 7. The van der Waals surface area contributed by atoms with Gasteiger partial charge in [-0.3, -0.25) is 4.79 Å². The maximum Gasteiger partial charge on any atom is 0.240 e. The average Bonchev–Trinajstić information content (AvgIpc) is 3.06. The van der Waals surface area contributed by atoms with E-state index in [-0.39, 0.29) is 29.3 Å². The van der Waals surface area contributed by atoms with Gasteiger partial charge < -0.3 is 10.6 Å². The molecule has 1 saturated heterocycles. The molecule has 1 aliphatic heterocycles. The molecule has 2 atom stereocenters. The van der Waals surface area contributed by atoms with Crippen molar-refractivity contribution in [3.8, 4) is 0 Å². The Morgan fingerprint density at radius 3 is 2.79 bits per heavy atom. The van der Waals surface area contributed by atoms with Crippen LogP contribution >= 0.6 is 12.4 Å². The second-order valence-electron chi connectivity index (χ2n) is 5.97. The van der Waals surface area contributed by atoms with Crippen molar-refractivity contribution in [2.45, 2.75) is 37.1 Å². The molecule has 3 N–H and O–H groups in total. The van der Waals surface area contributed by atoms with Gasteiger partial charge in [0.1, 0.15) is 0 Å². The predicted octanol–water partition coefficient (Wildman–Crippen LogP) is 1.58. The fourth-order valence-corrected chi connectivity index (χ4v) is 3.55. The molecule has 1 aromatic carbocycles. The number of benzene rings is 1. The number of carbonyl (C=O) groups excluding carboxylic acids is 1. The molecule has 1 aliphatic rings.